The van der Waals surface area contributed by atoms with Crippen molar-refractivity contribution in [2.75, 3.05) is 0 Å². The first-order chi connectivity index (χ1) is 10.1. The van der Waals surface area contributed by atoms with Crippen LogP contribution in [0, 0.1) is 6.92 Å². The van der Waals surface area contributed by atoms with Crippen LogP contribution in [-0.2, 0) is 0 Å². The van der Waals surface area contributed by atoms with Crippen LogP contribution in [0.4, 0.5) is 0 Å². The van der Waals surface area contributed by atoms with Gasteiger partial charge in [0.15, 0.2) is 16.5 Å². The van der Waals surface area contributed by atoms with Gasteiger partial charge in [0.25, 0.3) is 5.56 Å². The molecule has 0 unspecified atom stereocenters. The summed E-state index contributed by atoms with van der Waals surface area (Å²) in [7, 11) is 0. The Labute approximate surface area is 122 Å². The molecule has 0 radical (unpaired) electrons. The first kappa shape index (κ1) is 12.2. The maximum absolute atomic E-state index is 12.7. The Morgan fingerprint density at radius 2 is 2.00 bits per heavy atom. The van der Waals surface area contributed by atoms with Gasteiger partial charge in [-0.3, -0.25) is 9.20 Å². The number of aryl methyl sites for hydroxylation is 1. The second kappa shape index (κ2) is 3.95. The number of nitrogens with zero attached hydrogens (tertiary/aromatic N) is 2. The zero-order valence-electron chi connectivity index (χ0n) is 11.0. The second-order valence-corrected chi connectivity index (χ2v) is 5.85. The molecule has 0 saturated carbocycles. The van der Waals surface area contributed by atoms with E-state index in [0.29, 0.717) is 26.9 Å². The van der Waals surface area contributed by atoms with Crippen molar-refractivity contribution in [2.45, 2.75) is 6.92 Å². The summed E-state index contributed by atoms with van der Waals surface area (Å²) in [5, 5.41) is 20.2. The summed E-state index contributed by atoms with van der Waals surface area (Å²) in [4.78, 5) is 17.7. The smallest absolute Gasteiger partial charge is 0.266 e. The Hall–Kier alpha value is -2.60. The lowest BCUT2D eigenvalue weighted by Gasteiger charge is -2.03. The topological polar surface area (TPSA) is 74.8 Å². The highest BCUT2D eigenvalue weighted by molar-refractivity contribution is 7.23. The average molecular weight is 298 g/mol. The maximum atomic E-state index is 12.7. The number of hydrogen-bond donors (Lipinski definition) is 2. The fourth-order valence-electron chi connectivity index (χ4n) is 2.53. The van der Waals surface area contributed by atoms with Gasteiger partial charge in [0, 0.05) is 11.6 Å². The van der Waals surface area contributed by atoms with Crippen LogP contribution in [0.2, 0.25) is 0 Å². The fraction of sp³-hybridized carbons (Fsp3) is 0.0667. The summed E-state index contributed by atoms with van der Waals surface area (Å²) in [6.45, 7) is 1.71. The minimum atomic E-state index is -0.236. The van der Waals surface area contributed by atoms with Gasteiger partial charge in [-0.25, -0.2) is 4.98 Å². The summed E-state index contributed by atoms with van der Waals surface area (Å²) in [6.07, 6.45) is 0. The molecular weight excluding hydrogens is 288 g/mol. The quantitative estimate of drug-likeness (QED) is 0.489. The molecule has 0 aliphatic rings. The van der Waals surface area contributed by atoms with E-state index < -0.39 is 0 Å². The minimum absolute atomic E-state index is 0.160. The van der Waals surface area contributed by atoms with Crippen LogP contribution in [0.25, 0.3) is 26.1 Å². The SMILES string of the molecule is Cc1c(O)c(O)cc2c1sc1nc3ccccc3c(=O)n12. The van der Waals surface area contributed by atoms with Gasteiger partial charge in [0.2, 0.25) is 0 Å². The average Bonchev–Trinajstić information content (AvgIpc) is 2.84. The van der Waals surface area contributed by atoms with E-state index in [1.165, 1.54) is 21.8 Å². The van der Waals surface area contributed by atoms with Crippen LogP contribution in [0.5, 0.6) is 11.5 Å². The molecule has 2 aromatic heterocycles. The summed E-state index contributed by atoms with van der Waals surface area (Å²) in [5.41, 5.74) is 1.57. The van der Waals surface area contributed by atoms with Crippen LogP contribution in [0.15, 0.2) is 35.1 Å². The van der Waals surface area contributed by atoms with Crippen molar-refractivity contribution in [3.8, 4) is 11.5 Å². The van der Waals surface area contributed by atoms with E-state index >= 15 is 0 Å². The van der Waals surface area contributed by atoms with E-state index in [1.54, 1.807) is 25.1 Å². The number of aromatic nitrogens is 2. The lowest BCUT2D eigenvalue weighted by Crippen LogP contribution is -2.13. The second-order valence-electron chi connectivity index (χ2n) is 4.87. The first-order valence-corrected chi connectivity index (χ1v) is 7.15. The molecule has 0 spiro atoms. The molecule has 5 nitrogen and oxygen atoms in total. The van der Waals surface area contributed by atoms with Crippen molar-refractivity contribution in [3.63, 3.8) is 0 Å². The van der Waals surface area contributed by atoms with Gasteiger partial charge in [-0.2, -0.15) is 0 Å². The lowest BCUT2D eigenvalue weighted by molar-refractivity contribution is 0.402. The maximum Gasteiger partial charge on any atom is 0.266 e. The van der Waals surface area contributed by atoms with Gasteiger partial charge in [-0.1, -0.05) is 23.5 Å². The Morgan fingerprint density at radius 3 is 2.81 bits per heavy atom. The molecular formula is C15H10N2O3S. The van der Waals surface area contributed by atoms with Crippen LogP contribution in [-0.4, -0.2) is 19.6 Å². The molecule has 4 rings (SSSR count). The van der Waals surface area contributed by atoms with E-state index in [4.69, 9.17) is 0 Å². The molecule has 21 heavy (non-hydrogen) atoms. The normalized spacial score (nSPS) is 11.7. The number of benzene rings is 2. The largest absolute Gasteiger partial charge is 0.504 e. The molecule has 6 heteroatoms. The molecule has 0 amide bonds. The highest BCUT2D eigenvalue weighted by atomic mass is 32.1. The van der Waals surface area contributed by atoms with Gasteiger partial charge in [0.05, 0.1) is 21.1 Å². The molecule has 2 N–H and O–H groups in total. The first-order valence-electron chi connectivity index (χ1n) is 6.33. The Morgan fingerprint density at radius 1 is 1.24 bits per heavy atom. The molecule has 0 fully saturated rings. The third-order valence-electron chi connectivity index (χ3n) is 3.62. The number of para-hydroxylation sites is 1. The number of hydrogen-bond acceptors (Lipinski definition) is 5. The molecule has 2 aromatic carbocycles. The van der Waals surface area contributed by atoms with Crippen molar-refractivity contribution in [3.05, 3.63) is 46.2 Å². The number of thiazole rings is 1. The Kier molecular flexibility index (Phi) is 2.29. The van der Waals surface area contributed by atoms with Crippen LogP contribution in [0.1, 0.15) is 5.56 Å². The molecule has 0 aliphatic carbocycles. The summed E-state index contributed by atoms with van der Waals surface area (Å²) >= 11 is 1.32. The third kappa shape index (κ3) is 1.50. The van der Waals surface area contributed by atoms with E-state index in [-0.39, 0.29) is 17.1 Å². The molecule has 0 saturated heterocycles. The minimum Gasteiger partial charge on any atom is -0.504 e. The standard InChI is InChI=1S/C15H10N2O3S/c1-7-12(19)11(18)6-10-13(7)21-15-16-9-5-3-2-4-8(9)14(20)17(10)15/h2-6,18-19H,1H3. The molecule has 0 aliphatic heterocycles. The molecule has 2 heterocycles. The molecule has 104 valence electrons. The predicted octanol–water partition coefficient (Wildman–Crippen LogP) is 2.78. The van der Waals surface area contributed by atoms with E-state index in [2.05, 4.69) is 4.98 Å². The number of aromatic hydroxyl groups is 2. The monoisotopic (exact) mass is 298 g/mol. The predicted molar refractivity (Wildman–Crippen MR) is 82.4 cm³/mol. The van der Waals surface area contributed by atoms with E-state index in [1.807, 2.05) is 6.07 Å². The van der Waals surface area contributed by atoms with Crippen molar-refractivity contribution >= 4 is 37.4 Å². The van der Waals surface area contributed by atoms with Crippen LogP contribution < -0.4 is 5.56 Å². The summed E-state index contributed by atoms with van der Waals surface area (Å²) < 4.78 is 2.22. The Bertz CT molecular complexity index is 1100. The molecule has 0 bridgehead atoms. The fourth-order valence-corrected chi connectivity index (χ4v) is 3.64. The van der Waals surface area contributed by atoms with Crippen molar-refractivity contribution in [1.82, 2.24) is 9.38 Å². The van der Waals surface area contributed by atoms with Gasteiger partial charge in [0.1, 0.15) is 0 Å². The zero-order valence-corrected chi connectivity index (χ0v) is 11.8. The summed E-state index contributed by atoms with van der Waals surface area (Å²) in [5.74, 6) is -0.397. The van der Waals surface area contributed by atoms with Crippen LogP contribution >= 0.6 is 11.3 Å². The Balaban J connectivity index is 2.34. The number of phenolic OH excluding ortho intramolecular Hbond substituents is 2. The number of fused-ring (bicyclic) bond motifs is 4. The zero-order chi connectivity index (χ0) is 14.7. The van der Waals surface area contributed by atoms with Crippen molar-refractivity contribution < 1.29 is 10.2 Å². The highest BCUT2D eigenvalue weighted by Crippen LogP contribution is 2.38. The molecule has 0 atom stereocenters. The molecule has 4 aromatic rings. The van der Waals surface area contributed by atoms with Crippen molar-refractivity contribution in [2.24, 2.45) is 0 Å². The lowest BCUT2D eigenvalue weighted by atomic mass is 10.2. The highest BCUT2D eigenvalue weighted by Gasteiger charge is 2.16. The van der Waals surface area contributed by atoms with Crippen LogP contribution in [0.3, 0.4) is 0 Å². The van der Waals surface area contributed by atoms with Gasteiger partial charge >= 0.3 is 0 Å². The number of phenols is 2. The van der Waals surface area contributed by atoms with E-state index in [0.717, 1.165) is 4.70 Å². The van der Waals surface area contributed by atoms with Gasteiger partial charge in [-0.05, 0) is 19.1 Å². The van der Waals surface area contributed by atoms with E-state index in [9.17, 15) is 15.0 Å². The van der Waals surface area contributed by atoms with Gasteiger partial charge < -0.3 is 10.2 Å². The van der Waals surface area contributed by atoms with Crippen molar-refractivity contribution in [1.29, 1.82) is 0 Å². The van der Waals surface area contributed by atoms with Gasteiger partial charge in [-0.15, -0.1) is 0 Å². The third-order valence-corrected chi connectivity index (χ3v) is 4.80. The summed E-state index contributed by atoms with van der Waals surface area (Å²) in [6, 6.07) is 8.55. The number of rotatable bonds is 0.